The largest absolute Gasteiger partial charge is 0.481 e. The molecule has 1 aromatic rings. The smallest absolute Gasteiger partial charge is 0.304 e. The number of rotatable bonds is 5. The SMILES string of the molecule is CC(C)(C)C(CC(=O)O)NS(=O)(=O)c1ccn[nH]1. The number of aliphatic carboxylic acids is 1. The van der Waals surface area contributed by atoms with Gasteiger partial charge in [0.15, 0.2) is 5.03 Å². The number of carboxylic acids is 1. The molecule has 3 N–H and O–H groups in total. The third-order valence-corrected chi connectivity index (χ3v) is 3.89. The van der Waals surface area contributed by atoms with E-state index in [0.29, 0.717) is 0 Å². The Bertz CT molecular complexity index is 502. The number of aromatic amines is 1. The number of hydrogen-bond donors (Lipinski definition) is 3. The van der Waals surface area contributed by atoms with E-state index in [4.69, 9.17) is 5.11 Å². The first-order valence-corrected chi connectivity index (χ1v) is 6.85. The molecule has 0 saturated heterocycles. The van der Waals surface area contributed by atoms with E-state index in [1.807, 2.05) is 0 Å². The van der Waals surface area contributed by atoms with Crippen LogP contribution in [0.5, 0.6) is 0 Å². The maximum atomic E-state index is 12.0. The normalized spacial score (nSPS) is 14.4. The fourth-order valence-electron chi connectivity index (χ4n) is 1.34. The molecule has 1 unspecified atom stereocenters. The molecule has 0 aliphatic rings. The molecule has 0 aromatic carbocycles. The summed E-state index contributed by atoms with van der Waals surface area (Å²) >= 11 is 0. The van der Waals surface area contributed by atoms with Gasteiger partial charge in [-0.1, -0.05) is 20.8 Å². The lowest BCUT2D eigenvalue weighted by atomic mass is 9.85. The monoisotopic (exact) mass is 275 g/mol. The average molecular weight is 275 g/mol. The molecule has 7 nitrogen and oxygen atoms in total. The highest BCUT2D eigenvalue weighted by Gasteiger charge is 2.31. The maximum absolute atomic E-state index is 12.0. The molecule has 0 radical (unpaired) electrons. The van der Waals surface area contributed by atoms with E-state index >= 15 is 0 Å². The summed E-state index contributed by atoms with van der Waals surface area (Å²) in [4.78, 5) is 10.8. The Morgan fingerprint density at radius 1 is 1.56 bits per heavy atom. The fraction of sp³-hybridized carbons (Fsp3) is 0.600. The van der Waals surface area contributed by atoms with Gasteiger partial charge in [0.05, 0.1) is 12.6 Å². The van der Waals surface area contributed by atoms with Crippen LogP contribution in [0, 0.1) is 5.41 Å². The van der Waals surface area contributed by atoms with Gasteiger partial charge in [0.1, 0.15) is 0 Å². The second-order valence-corrected chi connectivity index (χ2v) is 6.74. The predicted molar refractivity (Wildman–Crippen MR) is 64.4 cm³/mol. The second kappa shape index (κ2) is 5.07. The molecular formula is C10H17N3O4S. The van der Waals surface area contributed by atoms with E-state index in [2.05, 4.69) is 14.9 Å². The number of carboxylic acid groups (broad SMARTS) is 1. The number of sulfonamides is 1. The molecule has 0 aliphatic heterocycles. The van der Waals surface area contributed by atoms with Crippen LogP contribution >= 0.6 is 0 Å². The zero-order valence-corrected chi connectivity index (χ0v) is 11.3. The molecular weight excluding hydrogens is 258 g/mol. The Morgan fingerprint density at radius 2 is 2.17 bits per heavy atom. The van der Waals surface area contributed by atoms with Crippen molar-refractivity contribution in [1.29, 1.82) is 0 Å². The van der Waals surface area contributed by atoms with Gasteiger partial charge < -0.3 is 5.11 Å². The Kier molecular flexibility index (Phi) is 4.12. The number of nitrogens with zero attached hydrogens (tertiary/aromatic N) is 1. The van der Waals surface area contributed by atoms with Crippen molar-refractivity contribution >= 4 is 16.0 Å². The predicted octanol–water partition coefficient (Wildman–Crippen LogP) is 0.577. The Morgan fingerprint density at radius 3 is 2.56 bits per heavy atom. The molecule has 18 heavy (non-hydrogen) atoms. The van der Waals surface area contributed by atoms with Crippen LogP contribution in [0.2, 0.25) is 0 Å². The number of hydrogen-bond acceptors (Lipinski definition) is 4. The minimum absolute atomic E-state index is 0.0814. The van der Waals surface area contributed by atoms with Gasteiger partial charge in [0.25, 0.3) is 10.0 Å². The van der Waals surface area contributed by atoms with E-state index in [1.165, 1.54) is 12.3 Å². The van der Waals surface area contributed by atoms with Crippen molar-refractivity contribution in [1.82, 2.24) is 14.9 Å². The molecule has 8 heteroatoms. The van der Waals surface area contributed by atoms with Crippen LogP contribution in [0.1, 0.15) is 27.2 Å². The number of aromatic nitrogens is 2. The quantitative estimate of drug-likeness (QED) is 0.727. The minimum atomic E-state index is -3.78. The Labute approximate surface area is 106 Å². The zero-order chi connectivity index (χ0) is 14.0. The molecule has 0 spiro atoms. The van der Waals surface area contributed by atoms with Crippen LogP contribution in [0.4, 0.5) is 0 Å². The van der Waals surface area contributed by atoms with Crippen LogP contribution in [0.3, 0.4) is 0 Å². The van der Waals surface area contributed by atoms with Crippen molar-refractivity contribution in [2.24, 2.45) is 5.41 Å². The summed E-state index contributed by atoms with van der Waals surface area (Å²) in [6, 6.07) is 0.603. The van der Waals surface area contributed by atoms with E-state index in [0.717, 1.165) is 0 Å². The van der Waals surface area contributed by atoms with Crippen molar-refractivity contribution in [3.63, 3.8) is 0 Å². The summed E-state index contributed by atoms with van der Waals surface area (Å²) in [5.41, 5.74) is -0.508. The number of nitrogens with one attached hydrogen (secondary N) is 2. The second-order valence-electron chi connectivity index (χ2n) is 5.06. The van der Waals surface area contributed by atoms with Gasteiger partial charge >= 0.3 is 5.97 Å². The molecule has 1 rings (SSSR count). The summed E-state index contributed by atoms with van der Waals surface area (Å²) in [6.45, 7) is 5.32. The minimum Gasteiger partial charge on any atom is -0.481 e. The zero-order valence-electron chi connectivity index (χ0n) is 10.5. The van der Waals surface area contributed by atoms with Crippen molar-refractivity contribution in [2.45, 2.75) is 38.3 Å². The van der Waals surface area contributed by atoms with Gasteiger partial charge in [-0.3, -0.25) is 9.89 Å². The van der Waals surface area contributed by atoms with Crippen molar-refractivity contribution in [3.05, 3.63) is 12.3 Å². The lowest BCUT2D eigenvalue weighted by Crippen LogP contribution is -2.45. The lowest BCUT2D eigenvalue weighted by Gasteiger charge is -2.29. The molecule has 1 heterocycles. The summed E-state index contributed by atoms with van der Waals surface area (Å²) in [7, 11) is -3.78. The molecule has 102 valence electrons. The van der Waals surface area contributed by atoms with Crippen molar-refractivity contribution in [2.75, 3.05) is 0 Å². The standard InChI is InChI=1S/C10H17N3O4S/c1-10(2,3)7(6-9(14)15)13-18(16,17)8-4-5-11-12-8/h4-5,7,13H,6H2,1-3H3,(H,11,12)(H,14,15). The van der Waals surface area contributed by atoms with Gasteiger partial charge in [-0.15, -0.1) is 0 Å². The molecule has 1 atom stereocenters. The molecule has 0 aliphatic carbocycles. The van der Waals surface area contributed by atoms with Gasteiger partial charge in [-0.2, -0.15) is 5.10 Å². The Balaban J connectivity index is 2.94. The number of H-pyrrole nitrogens is 1. The van der Waals surface area contributed by atoms with Crippen LogP contribution in [-0.4, -0.2) is 35.7 Å². The summed E-state index contributed by atoms with van der Waals surface area (Å²) in [5.74, 6) is -1.05. The summed E-state index contributed by atoms with van der Waals surface area (Å²) in [5, 5.41) is 14.6. The third kappa shape index (κ3) is 3.81. The first-order valence-electron chi connectivity index (χ1n) is 5.36. The highest BCUT2D eigenvalue weighted by atomic mass is 32.2. The molecule has 0 fully saturated rings. The lowest BCUT2D eigenvalue weighted by molar-refractivity contribution is -0.138. The fourth-order valence-corrected chi connectivity index (χ4v) is 2.69. The van der Waals surface area contributed by atoms with Crippen LogP contribution in [-0.2, 0) is 14.8 Å². The third-order valence-electron chi connectivity index (χ3n) is 2.49. The van der Waals surface area contributed by atoms with Gasteiger partial charge in [-0.25, -0.2) is 13.1 Å². The van der Waals surface area contributed by atoms with Crippen LogP contribution < -0.4 is 4.72 Å². The Hall–Kier alpha value is -1.41. The van der Waals surface area contributed by atoms with E-state index < -0.39 is 27.4 Å². The summed E-state index contributed by atoms with van der Waals surface area (Å²) < 4.78 is 26.3. The first-order chi connectivity index (χ1) is 8.13. The van der Waals surface area contributed by atoms with Gasteiger partial charge in [0, 0.05) is 6.04 Å². The van der Waals surface area contributed by atoms with Crippen LogP contribution in [0.15, 0.2) is 17.3 Å². The van der Waals surface area contributed by atoms with E-state index in [-0.39, 0.29) is 11.4 Å². The number of carbonyl (C=O) groups is 1. The maximum Gasteiger partial charge on any atom is 0.304 e. The van der Waals surface area contributed by atoms with Crippen molar-refractivity contribution < 1.29 is 18.3 Å². The summed E-state index contributed by atoms with van der Waals surface area (Å²) in [6.07, 6.45) is 1.04. The molecule has 0 bridgehead atoms. The molecule has 0 saturated carbocycles. The van der Waals surface area contributed by atoms with E-state index in [1.54, 1.807) is 20.8 Å². The van der Waals surface area contributed by atoms with Crippen molar-refractivity contribution in [3.8, 4) is 0 Å². The van der Waals surface area contributed by atoms with Crippen LogP contribution in [0.25, 0.3) is 0 Å². The van der Waals surface area contributed by atoms with Gasteiger partial charge in [-0.05, 0) is 11.5 Å². The first kappa shape index (κ1) is 14.7. The highest BCUT2D eigenvalue weighted by molar-refractivity contribution is 7.89. The highest BCUT2D eigenvalue weighted by Crippen LogP contribution is 2.23. The van der Waals surface area contributed by atoms with Gasteiger partial charge in [0.2, 0.25) is 0 Å². The molecule has 1 aromatic heterocycles. The molecule has 0 amide bonds. The topological polar surface area (TPSA) is 112 Å². The average Bonchev–Trinajstić information content (AvgIpc) is 2.66. The van der Waals surface area contributed by atoms with E-state index in [9.17, 15) is 13.2 Å².